The molecule has 0 aliphatic carbocycles. The Kier molecular flexibility index (Phi) is 3.64. The first-order valence-corrected chi connectivity index (χ1v) is 6.03. The zero-order valence-electron chi connectivity index (χ0n) is 8.72. The molecule has 0 fully saturated rings. The van der Waals surface area contributed by atoms with E-state index in [1.54, 1.807) is 11.8 Å². The van der Waals surface area contributed by atoms with E-state index in [2.05, 4.69) is 15.5 Å². The molecule has 0 atom stereocenters. The van der Waals surface area contributed by atoms with Crippen molar-refractivity contribution in [1.82, 2.24) is 9.38 Å². The summed E-state index contributed by atoms with van der Waals surface area (Å²) in [5.74, 6) is 0.946. The van der Waals surface area contributed by atoms with Crippen LogP contribution in [0.15, 0.2) is 35.7 Å². The van der Waals surface area contributed by atoms with Crippen molar-refractivity contribution in [2.45, 2.75) is 12.1 Å². The molecule has 0 radical (unpaired) electrons. The molecule has 80 valence electrons. The Balaban J connectivity index is 2.02. The fourth-order valence-electron chi connectivity index (χ4n) is 1.36. The maximum Gasteiger partial charge on any atom is 0.172 e. The fraction of sp³-hybridized carbons (Fsp3) is 0.364. The van der Waals surface area contributed by atoms with Crippen LogP contribution in [-0.4, -0.2) is 28.4 Å². The molecule has 0 unspecified atom stereocenters. The van der Waals surface area contributed by atoms with Crippen molar-refractivity contribution in [2.24, 2.45) is 0 Å². The van der Waals surface area contributed by atoms with Crippen LogP contribution in [0.2, 0.25) is 0 Å². The van der Waals surface area contributed by atoms with Crippen LogP contribution in [0.1, 0.15) is 6.92 Å². The lowest BCUT2D eigenvalue weighted by Gasteiger charge is -2.01. The number of rotatable bonds is 5. The summed E-state index contributed by atoms with van der Waals surface area (Å²) < 4.78 is 7.38. The van der Waals surface area contributed by atoms with Gasteiger partial charge in [-0.2, -0.15) is 0 Å². The van der Waals surface area contributed by atoms with Crippen LogP contribution < -0.4 is 0 Å². The Bertz CT molecular complexity index is 427. The van der Waals surface area contributed by atoms with Gasteiger partial charge in [0.15, 0.2) is 5.16 Å². The van der Waals surface area contributed by atoms with Gasteiger partial charge >= 0.3 is 0 Å². The second kappa shape index (κ2) is 5.19. The molecular formula is C11H14N2OS. The molecule has 3 nitrogen and oxygen atoms in total. The van der Waals surface area contributed by atoms with Gasteiger partial charge in [0, 0.05) is 18.6 Å². The van der Waals surface area contributed by atoms with Gasteiger partial charge < -0.3 is 4.74 Å². The predicted octanol–water partition coefficient (Wildman–Crippen LogP) is 2.46. The number of ether oxygens (including phenoxy) is 1. The normalized spacial score (nSPS) is 11.0. The van der Waals surface area contributed by atoms with Crippen molar-refractivity contribution in [3.05, 3.63) is 30.6 Å². The maximum atomic E-state index is 5.29. The van der Waals surface area contributed by atoms with Gasteiger partial charge in [-0.3, -0.25) is 4.40 Å². The molecule has 2 aromatic rings. The predicted molar refractivity (Wildman–Crippen MR) is 62.4 cm³/mol. The monoisotopic (exact) mass is 222 g/mol. The van der Waals surface area contributed by atoms with Crippen molar-refractivity contribution < 1.29 is 4.74 Å². The first-order valence-electron chi connectivity index (χ1n) is 5.04. The Morgan fingerprint density at radius 2 is 2.40 bits per heavy atom. The summed E-state index contributed by atoms with van der Waals surface area (Å²) in [5.41, 5.74) is 1.14. The number of thioether (sulfide) groups is 1. The second-order valence-electron chi connectivity index (χ2n) is 3.08. The molecule has 0 aromatic carbocycles. The first kappa shape index (κ1) is 10.5. The standard InChI is InChI=1S/C11H14N2OS/c1-2-14-7-8-15-11-12-9-10-5-3-4-6-13(10)11/h3-6,9H,2,7-8H2,1H3. The van der Waals surface area contributed by atoms with Crippen LogP contribution in [0.3, 0.4) is 0 Å². The van der Waals surface area contributed by atoms with E-state index in [-0.39, 0.29) is 0 Å². The molecule has 0 aliphatic rings. The first-order chi connectivity index (χ1) is 7.42. The largest absolute Gasteiger partial charge is 0.381 e. The van der Waals surface area contributed by atoms with Gasteiger partial charge in [-0.25, -0.2) is 4.98 Å². The molecule has 0 saturated heterocycles. The van der Waals surface area contributed by atoms with E-state index in [4.69, 9.17) is 4.74 Å². The summed E-state index contributed by atoms with van der Waals surface area (Å²) in [6.45, 7) is 3.57. The minimum atomic E-state index is 0.781. The van der Waals surface area contributed by atoms with Crippen molar-refractivity contribution in [3.8, 4) is 0 Å². The fourth-order valence-corrected chi connectivity index (χ4v) is 2.18. The lowest BCUT2D eigenvalue weighted by Crippen LogP contribution is -1.97. The topological polar surface area (TPSA) is 26.5 Å². The number of hydrogen-bond donors (Lipinski definition) is 0. The van der Waals surface area contributed by atoms with E-state index < -0.39 is 0 Å². The summed E-state index contributed by atoms with van der Waals surface area (Å²) >= 11 is 1.72. The molecule has 0 N–H and O–H groups in total. The van der Waals surface area contributed by atoms with Gasteiger partial charge in [-0.05, 0) is 19.1 Å². The molecule has 0 spiro atoms. The van der Waals surface area contributed by atoms with Gasteiger partial charge in [0.25, 0.3) is 0 Å². The Morgan fingerprint density at radius 1 is 1.47 bits per heavy atom. The summed E-state index contributed by atoms with van der Waals surface area (Å²) in [7, 11) is 0. The molecule has 0 saturated carbocycles. The molecule has 4 heteroatoms. The SMILES string of the molecule is CCOCCSc1ncc2ccccn12. The van der Waals surface area contributed by atoms with Crippen LogP contribution in [0.25, 0.3) is 5.52 Å². The number of aromatic nitrogens is 2. The van der Waals surface area contributed by atoms with Gasteiger partial charge in [-0.15, -0.1) is 0 Å². The van der Waals surface area contributed by atoms with Gasteiger partial charge in [-0.1, -0.05) is 17.8 Å². The molecule has 2 rings (SSSR count). The van der Waals surface area contributed by atoms with E-state index in [0.717, 1.165) is 29.6 Å². The minimum absolute atomic E-state index is 0.781. The molecule has 0 bridgehead atoms. The van der Waals surface area contributed by atoms with Gasteiger partial charge in [0.1, 0.15) is 0 Å². The second-order valence-corrected chi connectivity index (χ2v) is 4.14. The van der Waals surface area contributed by atoms with Crippen molar-refractivity contribution in [2.75, 3.05) is 19.0 Å². The number of imidazole rings is 1. The summed E-state index contributed by atoms with van der Waals surface area (Å²) in [6.07, 6.45) is 3.92. The Labute approximate surface area is 93.5 Å². The molecule has 0 amide bonds. The van der Waals surface area contributed by atoms with Crippen LogP contribution in [0, 0.1) is 0 Å². The molecule has 0 aliphatic heterocycles. The quantitative estimate of drug-likeness (QED) is 0.574. The zero-order chi connectivity index (χ0) is 10.5. The van der Waals surface area contributed by atoms with E-state index in [1.807, 2.05) is 31.5 Å². The summed E-state index contributed by atoms with van der Waals surface area (Å²) in [5, 5.41) is 1.03. The third kappa shape index (κ3) is 2.52. The third-order valence-corrected chi connectivity index (χ3v) is 3.00. The van der Waals surface area contributed by atoms with E-state index in [9.17, 15) is 0 Å². The van der Waals surface area contributed by atoms with Crippen molar-refractivity contribution >= 4 is 17.3 Å². The van der Waals surface area contributed by atoms with Gasteiger partial charge in [0.2, 0.25) is 0 Å². The Morgan fingerprint density at radius 3 is 3.27 bits per heavy atom. The zero-order valence-corrected chi connectivity index (χ0v) is 9.54. The number of fused-ring (bicyclic) bond motifs is 1. The molecule has 15 heavy (non-hydrogen) atoms. The lowest BCUT2D eigenvalue weighted by atomic mass is 10.4. The number of pyridine rings is 1. The number of nitrogens with zero attached hydrogens (tertiary/aromatic N) is 2. The third-order valence-electron chi connectivity index (χ3n) is 2.07. The lowest BCUT2D eigenvalue weighted by molar-refractivity contribution is 0.164. The van der Waals surface area contributed by atoms with Gasteiger partial charge in [0.05, 0.1) is 18.3 Å². The summed E-state index contributed by atoms with van der Waals surface area (Å²) in [6, 6.07) is 6.09. The smallest absolute Gasteiger partial charge is 0.172 e. The highest BCUT2D eigenvalue weighted by Gasteiger charge is 2.02. The Hall–Kier alpha value is -1.00. The summed E-state index contributed by atoms with van der Waals surface area (Å²) in [4.78, 5) is 4.36. The highest BCUT2D eigenvalue weighted by Crippen LogP contribution is 2.17. The van der Waals surface area contributed by atoms with Crippen LogP contribution >= 0.6 is 11.8 Å². The van der Waals surface area contributed by atoms with Crippen LogP contribution in [0.5, 0.6) is 0 Å². The van der Waals surface area contributed by atoms with E-state index >= 15 is 0 Å². The van der Waals surface area contributed by atoms with E-state index in [0.29, 0.717) is 0 Å². The highest BCUT2D eigenvalue weighted by atomic mass is 32.2. The molecule has 2 aromatic heterocycles. The minimum Gasteiger partial charge on any atom is -0.381 e. The molecular weight excluding hydrogens is 208 g/mol. The average molecular weight is 222 g/mol. The number of hydrogen-bond acceptors (Lipinski definition) is 3. The molecule has 2 heterocycles. The van der Waals surface area contributed by atoms with Crippen LogP contribution in [0.4, 0.5) is 0 Å². The maximum absolute atomic E-state index is 5.29. The van der Waals surface area contributed by atoms with E-state index in [1.165, 1.54) is 0 Å². The highest BCUT2D eigenvalue weighted by molar-refractivity contribution is 7.99. The van der Waals surface area contributed by atoms with Crippen LogP contribution in [-0.2, 0) is 4.74 Å². The average Bonchev–Trinajstić information content (AvgIpc) is 2.68. The van der Waals surface area contributed by atoms with Crippen molar-refractivity contribution in [1.29, 1.82) is 0 Å². The van der Waals surface area contributed by atoms with Crippen molar-refractivity contribution in [3.63, 3.8) is 0 Å².